The van der Waals surface area contributed by atoms with Crippen LogP contribution in [0, 0.1) is 16.0 Å². The van der Waals surface area contributed by atoms with Crippen LogP contribution in [0.3, 0.4) is 0 Å². The van der Waals surface area contributed by atoms with Gasteiger partial charge < -0.3 is 14.8 Å². The molecule has 2 aliphatic heterocycles. The van der Waals surface area contributed by atoms with E-state index in [1.54, 1.807) is 6.07 Å². The number of hydrogen-bond donors (Lipinski definition) is 1. The Hall–Kier alpha value is -2.85. The number of anilines is 1. The van der Waals surface area contributed by atoms with E-state index in [4.69, 9.17) is 9.47 Å². The molecule has 10 heteroatoms. The molecule has 1 unspecified atom stereocenters. The Morgan fingerprint density at radius 3 is 2.55 bits per heavy atom. The molecule has 0 amide bonds. The van der Waals surface area contributed by atoms with E-state index in [0.29, 0.717) is 30.5 Å². The van der Waals surface area contributed by atoms with Gasteiger partial charge >= 0.3 is 0 Å². The zero-order valence-corrected chi connectivity index (χ0v) is 18.2. The second-order valence-electron chi connectivity index (χ2n) is 8.00. The van der Waals surface area contributed by atoms with E-state index in [2.05, 4.69) is 12.2 Å². The number of piperidine rings is 1. The van der Waals surface area contributed by atoms with Crippen molar-refractivity contribution in [2.75, 3.05) is 25.2 Å². The Labute approximate surface area is 181 Å². The van der Waals surface area contributed by atoms with E-state index in [1.807, 2.05) is 19.1 Å². The summed E-state index contributed by atoms with van der Waals surface area (Å²) in [6.45, 7) is 4.98. The van der Waals surface area contributed by atoms with E-state index in [0.717, 1.165) is 24.5 Å². The van der Waals surface area contributed by atoms with Gasteiger partial charge in [-0.3, -0.25) is 10.1 Å². The second-order valence-corrected chi connectivity index (χ2v) is 9.94. The summed E-state index contributed by atoms with van der Waals surface area (Å²) >= 11 is 0. The quantitative estimate of drug-likeness (QED) is 0.528. The minimum absolute atomic E-state index is 0.0602. The maximum atomic E-state index is 13.0. The van der Waals surface area contributed by atoms with Gasteiger partial charge in [-0.1, -0.05) is 13.0 Å². The number of rotatable bonds is 6. The molecule has 2 aromatic rings. The number of nitro benzene ring substituents is 1. The molecule has 31 heavy (non-hydrogen) atoms. The third-order valence-electron chi connectivity index (χ3n) is 5.81. The van der Waals surface area contributed by atoms with Gasteiger partial charge in [-0.2, -0.15) is 4.31 Å². The number of benzene rings is 2. The molecule has 1 atom stereocenters. The normalized spacial score (nSPS) is 18.0. The summed E-state index contributed by atoms with van der Waals surface area (Å²) in [6.07, 6.45) is 1.57. The summed E-state index contributed by atoms with van der Waals surface area (Å²) in [5.41, 5.74) is 0.832. The largest absolute Gasteiger partial charge is 0.454 e. The van der Waals surface area contributed by atoms with Crippen LogP contribution in [0.2, 0.25) is 0 Å². The molecule has 2 heterocycles. The van der Waals surface area contributed by atoms with E-state index in [-0.39, 0.29) is 29.1 Å². The molecule has 0 radical (unpaired) electrons. The van der Waals surface area contributed by atoms with Gasteiger partial charge in [0.1, 0.15) is 5.69 Å². The third-order valence-corrected chi connectivity index (χ3v) is 7.71. The maximum Gasteiger partial charge on any atom is 0.293 e. The first-order chi connectivity index (χ1) is 14.8. The summed E-state index contributed by atoms with van der Waals surface area (Å²) in [5.74, 6) is 1.76. The SMILES string of the molecule is CC1CCN(S(=O)(=O)c2ccc(NC(C)c3ccc4c(c3)OCO4)c([N+](=O)[O-])c2)CC1. The van der Waals surface area contributed by atoms with Gasteiger partial charge in [0.05, 0.1) is 9.82 Å². The molecule has 1 N–H and O–H groups in total. The van der Waals surface area contributed by atoms with Crippen molar-refractivity contribution in [1.82, 2.24) is 4.31 Å². The summed E-state index contributed by atoms with van der Waals surface area (Å²) in [4.78, 5) is 11.1. The molecular formula is C21H25N3O6S. The van der Waals surface area contributed by atoms with E-state index >= 15 is 0 Å². The monoisotopic (exact) mass is 447 g/mol. The lowest BCUT2D eigenvalue weighted by molar-refractivity contribution is -0.384. The fraction of sp³-hybridized carbons (Fsp3) is 0.429. The number of ether oxygens (including phenoxy) is 2. The van der Waals surface area contributed by atoms with Crippen molar-refractivity contribution in [3.05, 3.63) is 52.1 Å². The van der Waals surface area contributed by atoms with Crippen LogP contribution in [0.5, 0.6) is 11.5 Å². The molecule has 0 aromatic heterocycles. The molecule has 0 bridgehead atoms. The van der Waals surface area contributed by atoms with Crippen LogP contribution < -0.4 is 14.8 Å². The summed E-state index contributed by atoms with van der Waals surface area (Å²) < 4.78 is 38.1. The molecule has 2 aromatic carbocycles. The second kappa shape index (κ2) is 8.35. The van der Waals surface area contributed by atoms with Crippen LogP contribution in [0.1, 0.15) is 38.3 Å². The zero-order valence-electron chi connectivity index (χ0n) is 17.4. The zero-order chi connectivity index (χ0) is 22.2. The Morgan fingerprint density at radius 1 is 1.13 bits per heavy atom. The van der Waals surface area contributed by atoms with Gasteiger partial charge in [-0.05, 0) is 55.5 Å². The van der Waals surface area contributed by atoms with Crippen LogP contribution in [-0.4, -0.2) is 37.5 Å². The lowest BCUT2D eigenvalue weighted by atomic mass is 10.0. The fourth-order valence-electron chi connectivity index (χ4n) is 3.82. The standard InChI is InChI=1S/C21H25N3O6S/c1-14-7-9-23(10-8-14)31(27,28)17-4-5-18(19(12-17)24(25)26)22-15(2)16-3-6-20-21(11-16)30-13-29-20/h3-6,11-12,14-15,22H,7-10,13H2,1-2H3. The number of nitrogens with zero attached hydrogens (tertiary/aromatic N) is 2. The van der Waals surface area contributed by atoms with E-state index in [9.17, 15) is 18.5 Å². The van der Waals surface area contributed by atoms with Crippen LogP contribution in [0.4, 0.5) is 11.4 Å². The third kappa shape index (κ3) is 4.31. The first-order valence-electron chi connectivity index (χ1n) is 10.2. The summed E-state index contributed by atoms with van der Waals surface area (Å²) in [7, 11) is -3.78. The molecule has 4 rings (SSSR count). The van der Waals surface area contributed by atoms with Crippen molar-refractivity contribution >= 4 is 21.4 Å². The molecule has 1 saturated heterocycles. The highest BCUT2D eigenvalue weighted by Gasteiger charge is 2.30. The number of fused-ring (bicyclic) bond motifs is 1. The lowest BCUT2D eigenvalue weighted by Gasteiger charge is -2.29. The minimum Gasteiger partial charge on any atom is -0.454 e. The molecule has 1 fully saturated rings. The predicted molar refractivity (Wildman–Crippen MR) is 115 cm³/mol. The highest BCUT2D eigenvalue weighted by atomic mass is 32.2. The number of hydrogen-bond acceptors (Lipinski definition) is 7. The number of nitrogens with one attached hydrogen (secondary N) is 1. The smallest absolute Gasteiger partial charge is 0.293 e. The molecule has 9 nitrogen and oxygen atoms in total. The summed E-state index contributed by atoms with van der Waals surface area (Å²) in [5, 5.41) is 14.8. The van der Waals surface area contributed by atoms with Gasteiger partial charge in [0.15, 0.2) is 11.5 Å². The lowest BCUT2D eigenvalue weighted by Crippen LogP contribution is -2.37. The Morgan fingerprint density at radius 2 is 1.84 bits per heavy atom. The topological polar surface area (TPSA) is 111 Å². The average molecular weight is 448 g/mol. The first kappa shape index (κ1) is 21.4. The van der Waals surface area contributed by atoms with Gasteiger partial charge in [0.2, 0.25) is 16.8 Å². The number of nitro groups is 1. The van der Waals surface area contributed by atoms with Crippen molar-refractivity contribution in [3.63, 3.8) is 0 Å². The molecule has 0 spiro atoms. The first-order valence-corrected chi connectivity index (χ1v) is 11.6. The highest BCUT2D eigenvalue weighted by molar-refractivity contribution is 7.89. The molecule has 0 saturated carbocycles. The van der Waals surface area contributed by atoms with Crippen LogP contribution in [0.15, 0.2) is 41.3 Å². The van der Waals surface area contributed by atoms with Crippen molar-refractivity contribution in [2.24, 2.45) is 5.92 Å². The predicted octanol–water partition coefficient (Wildman–Crippen LogP) is 3.92. The van der Waals surface area contributed by atoms with Crippen LogP contribution in [-0.2, 0) is 10.0 Å². The van der Waals surface area contributed by atoms with Gasteiger partial charge in [-0.15, -0.1) is 0 Å². The van der Waals surface area contributed by atoms with E-state index in [1.165, 1.54) is 16.4 Å². The van der Waals surface area contributed by atoms with Crippen molar-refractivity contribution in [1.29, 1.82) is 0 Å². The Balaban J connectivity index is 1.58. The Kier molecular flexibility index (Phi) is 5.76. The molecule has 2 aliphatic rings. The maximum absolute atomic E-state index is 13.0. The van der Waals surface area contributed by atoms with Crippen LogP contribution >= 0.6 is 0 Å². The van der Waals surface area contributed by atoms with Crippen molar-refractivity contribution in [3.8, 4) is 11.5 Å². The van der Waals surface area contributed by atoms with Gasteiger partial charge in [0, 0.05) is 25.2 Å². The fourth-order valence-corrected chi connectivity index (χ4v) is 5.31. The minimum atomic E-state index is -3.78. The highest BCUT2D eigenvalue weighted by Crippen LogP contribution is 2.36. The molecular weight excluding hydrogens is 422 g/mol. The van der Waals surface area contributed by atoms with Gasteiger partial charge in [-0.25, -0.2) is 8.42 Å². The molecule has 0 aliphatic carbocycles. The van der Waals surface area contributed by atoms with Gasteiger partial charge in [0.25, 0.3) is 5.69 Å². The van der Waals surface area contributed by atoms with E-state index < -0.39 is 14.9 Å². The summed E-state index contributed by atoms with van der Waals surface area (Å²) in [6, 6.07) is 9.21. The van der Waals surface area contributed by atoms with Crippen molar-refractivity contribution < 1.29 is 22.8 Å². The number of sulfonamides is 1. The average Bonchev–Trinajstić information content (AvgIpc) is 3.22. The van der Waals surface area contributed by atoms with Crippen LogP contribution in [0.25, 0.3) is 0 Å². The molecule has 166 valence electrons. The Bertz CT molecular complexity index is 1100. The van der Waals surface area contributed by atoms with Crippen molar-refractivity contribution in [2.45, 2.75) is 37.6 Å².